The minimum absolute atomic E-state index is 0.907. The van der Waals surface area contributed by atoms with Crippen molar-refractivity contribution in [2.45, 2.75) is 0 Å². The number of para-hydroxylation sites is 1. The van der Waals surface area contributed by atoms with E-state index in [-0.39, 0.29) is 0 Å². The van der Waals surface area contributed by atoms with Gasteiger partial charge in [-0.25, -0.2) is 0 Å². The molecule has 11 rings (SSSR count). The van der Waals surface area contributed by atoms with E-state index in [0.717, 1.165) is 50.1 Å². The minimum Gasteiger partial charge on any atom is -0.456 e. The lowest BCUT2D eigenvalue weighted by Crippen LogP contribution is -2.10. The van der Waals surface area contributed by atoms with Crippen molar-refractivity contribution >= 4 is 71.3 Å². The molecule has 2 nitrogen and oxygen atoms in total. The Morgan fingerprint density at radius 1 is 0.268 bits per heavy atom. The number of hydrogen-bond donors (Lipinski definition) is 0. The number of hydrogen-bond acceptors (Lipinski definition) is 2. The van der Waals surface area contributed by atoms with Gasteiger partial charge in [0.1, 0.15) is 11.2 Å². The van der Waals surface area contributed by atoms with Crippen LogP contribution >= 0.6 is 0 Å². The largest absolute Gasteiger partial charge is 0.456 e. The summed E-state index contributed by atoms with van der Waals surface area (Å²) in [7, 11) is 0. The lowest BCUT2D eigenvalue weighted by atomic mass is 9.94. The summed E-state index contributed by atoms with van der Waals surface area (Å²) >= 11 is 0. The van der Waals surface area contributed by atoms with E-state index in [1.165, 1.54) is 54.6 Å². The molecule has 0 amide bonds. The molecule has 0 saturated carbocycles. The molecule has 0 fully saturated rings. The Morgan fingerprint density at radius 3 is 1.52 bits per heavy atom. The highest BCUT2D eigenvalue weighted by molar-refractivity contribution is 6.20. The van der Waals surface area contributed by atoms with Gasteiger partial charge in [-0.05, 0) is 126 Å². The summed E-state index contributed by atoms with van der Waals surface area (Å²) < 4.78 is 6.11. The molecule has 10 aromatic carbocycles. The van der Waals surface area contributed by atoms with Gasteiger partial charge in [0.05, 0.1) is 0 Å². The first-order valence-corrected chi connectivity index (χ1v) is 19.2. The summed E-state index contributed by atoms with van der Waals surface area (Å²) in [6.45, 7) is 0. The molecule has 1 aromatic heterocycles. The lowest BCUT2D eigenvalue weighted by molar-refractivity contribution is 0.669. The summed E-state index contributed by atoms with van der Waals surface area (Å²) in [4.78, 5) is 2.35. The fourth-order valence-corrected chi connectivity index (χ4v) is 8.42. The van der Waals surface area contributed by atoms with Crippen molar-refractivity contribution in [3.63, 3.8) is 0 Å². The van der Waals surface area contributed by atoms with Gasteiger partial charge in [-0.15, -0.1) is 0 Å². The fraction of sp³-hybridized carbons (Fsp3) is 0. The van der Waals surface area contributed by atoms with E-state index >= 15 is 0 Å². The normalized spacial score (nSPS) is 11.6. The molecule has 0 aliphatic carbocycles. The monoisotopic (exact) mass is 713 g/mol. The maximum absolute atomic E-state index is 6.11. The molecular formula is C54H35NO. The highest BCUT2D eigenvalue weighted by Gasteiger charge is 2.16. The standard InChI is InChI=1S/C54H35NO/c1-2-9-36(10-3-1)42-12-8-13-47(33-42)55(46-30-25-38(26-31-46)44-27-32-53-51(35-44)49-15-6-7-16-52(49)56-53)45-28-23-37(24-29-45)43-22-19-40-18-21-41-20-17-39-11-4-5-14-48(39)54(41)50(40)34-43/h1-35H. The van der Waals surface area contributed by atoms with Crippen LogP contribution in [0.3, 0.4) is 0 Å². The Labute approximate surface area is 325 Å². The molecule has 0 aliphatic rings. The third-order valence-corrected chi connectivity index (χ3v) is 11.2. The number of anilines is 3. The van der Waals surface area contributed by atoms with Crippen LogP contribution in [0, 0.1) is 0 Å². The molecule has 0 spiro atoms. The zero-order valence-electron chi connectivity index (χ0n) is 30.6. The first kappa shape index (κ1) is 32.0. The second-order valence-corrected chi connectivity index (χ2v) is 14.5. The molecule has 1 heterocycles. The van der Waals surface area contributed by atoms with Gasteiger partial charge < -0.3 is 9.32 Å². The molecule has 0 saturated heterocycles. The maximum Gasteiger partial charge on any atom is 0.135 e. The van der Waals surface area contributed by atoms with Crippen LogP contribution in [0.2, 0.25) is 0 Å². The van der Waals surface area contributed by atoms with Gasteiger partial charge >= 0.3 is 0 Å². The van der Waals surface area contributed by atoms with E-state index in [0.29, 0.717) is 0 Å². The van der Waals surface area contributed by atoms with Crippen molar-refractivity contribution < 1.29 is 4.42 Å². The third kappa shape index (κ3) is 5.51. The van der Waals surface area contributed by atoms with Gasteiger partial charge in [0.2, 0.25) is 0 Å². The van der Waals surface area contributed by atoms with Gasteiger partial charge in [0.25, 0.3) is 0 Å². The predicted octanol–water partition coefficient (Wildman–Crippen LogP) is 15.5. The SMILES string of the molecule is c1ccc(-c2cccc(N(c3ccc(-c4ccc5oc6ccccc6c5c4)cc3)c3ccc(-c4ccc5ccc6ccc7ccccc7c6c5c4)cc3)c2)cc1. The van der Waals surface area contributed by atoms with E-state index in [1.54, 1.807) is 0 Å². The van der Waals surface area contributed by atoms with Crippen molar-refractivity contribution in [1.29, 1.82) is 0 Å². The molecule has 0 aliphatic heterocycles. The molecule has 0 N–H and O–H groups in total. The average molecular weight is 714 g/mol. The molecule has 11 aromatic rings. The van der Waals surface area contributed by atoms with Crippen LogP contribution in [0.1, 0.15) is 0 Å². The summed E-state index contributed by atoms with van der Waals surface area (Å²) in [5, 5.41) is 9.93. The lowest BCUT2D eigenvalue weighted by Gasteiger charge is -2.26. The maximum atomic E-state index is 6.11. The summed E-state index contributed by atoms with van der Waals surface area (Å²) in [5.74, 6) is 0. The number of benzene rings is 10. The van der Waals surface area contributed by atoms with E-state index in [9.17, 15) is 0 Å². The van der Waals surface area contributed by atoms with Crippen LogP contribution in [0.15, 0.2) is 217 Å². The Morgan fingerprint density at radius 2 is 0.768 bits per heavy atom. The second-order valence-electron chi connectivity index (χ2n) is 14.5. The molecule has 0 atom stereocenters. The van der Waals surface area contributed by atoms with Crippen molar-refractivity contribution in [1.82, 2.24) is 0 Å². The van der Waals surface area contributed by atoms with Gasteiger partial charge in [-0.1, -0.05) is 152 Å². The quantitative estimate of drug-likeness (QED) is 0.160. The minimum atomic E-state index is 0.907. The predicted molar refractivity (Wildman–Crippen MR) is 237 cm³/mol. The Kier molecular flexibility index (Phi) is 7.53. The van der Waals surface area contributed by atoms with Gasteiger partial charge in [0, 0.05) is 27.8 Å². The fourth-order valence-electron chi connectivity index (χ4n) is 8.42. The number of rotatable bonds is 6. The molecule has 0 bridgehead atoms. The molecular weight excluding hydrogens is 679 g/mol. The third-order valence-electron chi connectivity index (χ3n) is 11.2. The summed E-state index contributed by atoms with van der Waals surface area (Å²) in [5.41, 5.74) is 12.2. The first-order chi connectivity index (χ1) is 27.7. The Balaban J connectivity index is 0.996. The zero-order valence-corrected chi connectivity index (χ0v) is 30.6. The summed E-state index contributed by atoms with van der Waals surface area (Å²) in [6.07, 6.45) is 0. The highest BCUT2D eigenvalue weighted by atomic mass is 16.3. The molecule has 56 heavy (non-hydrogen) atoms. The first-order valence-electron chi connectivity index (χ1n) is 19.2. The number of furan rings is 1. The summed E-state index contributed by atoms with van der Waals surface area (Å²) in [6, 6.07) is 76.6. The number of fused-ring (bicyclic) bond motifs is 8. The van der Waals surface area contributed by atoms with E-state index in [1.807, 2.05) is 12.1 Å². The van der Waals surface area contributed by atoms with E-state index < -0.39 is 0 Å². The zero-order chi connectivity index (χ0) is 37.0. The Bertz CT molecular complexity index is 3230. The van der Waals surface area contributed by atoms with Crippen molar-refractivity contribution in [2.75, 3.05) is 4.90 Å². The van der Waals surface area contributed by atoms with Crippen LogP contribution in [-0.2, 0) is 0 Å². The highest BCUT2D eigenvalue weighted by Crippen LogP contribution is 2.40. The second kappa shape index (κ2) is 13.2. The van der Waals surface area contributed by atoms with Gasteiger partial charge in [-0.3, -0.25) is 0 Å². The van der Waals surface area contributed by atoms with Crippen molar-refractivity contribution in [2.24, 2.45) is 0 Å². The number of nitrogens with zero attached hydrogens (tertiary/aromatic N) is 1. The van der Waals surface area contributed by atoms with Crippen LogP contribution in [0.5, 0.6) is 0 Å². The molecule has 262 valence electrons. The van der Waals surface area contributed by atoms with Crippen LogP contribution in [0.4, 0.5) is 17.1 Å². The van der Waals surface area contributed by atoms with E-state index in [4.69, 9.17) is 4.42 Å². The van der Waals surface area contributed by atoms with Gasteiger partial charge in [0.15, 0.2) is 0 Å². The molecule has 0 unspecified atom stereocenters. The van der Waals surface area contributed by atoms with E-state index in [2.05, 4.69) is 205 Å². The van der Waals surface area contributed by atoms with Crippen molar-refractivity contribution in [3.8, 4) is 33.4 Å². The smallest absolute Gasteiger partial charge is 0.135 e. The van der Waals surface area contributed by atoms with Crippen LogP contribution in [-0.4, -0.2) is 0 Å². The topological polar surface area (TPSA) is 16.4 Å². The molecule has 0 radical (unpaired) electrons. The van der Waals surface area contributed by atoms with Crippen LogP contribution < -0.4 is 4.90 Å². The average Bonchev–Trinajstić information content (AvgIpc) is 3.65. The van der Waals surface area contributed by atoms with Crippen LogP contribution in [0.25, 0.3) is 87.6 Å². The van der Waals surface area contributed by atoms with Crippen molar-refractivity contribution in [3.05, 3.63) is 212 Å². The van der Waals surface area contributed by atoms with Gasteiger partial charge in [-0.2, -0.15) is 0 Å². The Hall–Kier alpha value is -7.42. The molecule has 2 heteroatoms.